The predicted molar refractivity (Wildman–Crippen MR) is 78.9 cm³/mol. The number of rotatable bonds is 9. The van der Waals surface area contributed by atoms with Crippen molar-refractivity contribution >= 4 is 28.3 Å². The Balaban J connectivity index is 2.11. The lowest BCUT2D eigenvalue weighted by Gasteiger charge is -2.14. The van der Waals surface area contributed by atoms with Gasteiger partial charge in [-0.3, -0.25) is 9.59 Å². The van der Waals surface area contributed by atoms with Crippen molar-refractivity contribution in [2.45, 2.75) is 39.2 Å². The third kappa shape index (κ3) is 6.63. The molecule has 7 heteroatoms. The van der Waals surface area contributed by atoms with E-state index >= 15 is 0 Å². The number of hydrogen-bond donors (Lipinski definition) is 3. The summed E-state index contributed by atoms with van der Waals surface area (Å²) in [6.45, 7) is 3.93. The Kier molecular flexibility index (Phi) is 7.17. The van der Waals surface area contributed by atoms with Gasteiger partial charge in [-0.25, -0.2) is 4.98 Å². The molecule has 0 saturated heterocycles. The molecule has 1 aromatic heterocycles. The molecule has 3 N–H and O–H groups in total. The second kappa shape index (κ2) is 8.65. The molecule has 1 amide bonds. The lowest BCUT2D eigenvalue weighted by molar-refractivity contribution is -0.141. The number of carbonyl (C=O) groups is 2. The van der Waals surface area contributed by atoms with Crippen LogP contribution < -0.4 is 10.6 Å². The van der Waals surface area contributed by atoms with Gasteiger partial charge in [-0.05, 0) is 19.8 Å². The van der Waals surface area contributed by atoms with Crippen LogP contribution in [0.5, 0.6) is 0 Å². The van der Waals surface area contributed by atoms with E-state index in [2.05, 4.69) is 15.6 Å². The van der Waals surface area contributed by atoms with Crippen molar-refractivity contribution in [3.05, 3.63) is 11.6 Å². The number of aliphatic carboxylic acids is 1. The molecule has 2 atom stereocenters. The summed E-state index contributed by atoms with van der Waals surface area (Å²) in [5.74, 6) is -1.19. The number of carboxylic acid groups (broad SMARTS) is 1. The molecule has 112 valence electrons. The smallest absolute Gasteiger partial charge is 0.306 e. The van der Waals surface area contributed by atoms with Crippen molar-refractivity contribution in [3.63, 3.8) is 0 Å². The van der Waals surface area contributed by atoms with Crippen LogP contribution in [0.1, 0.15) is 33.1 Å². The Hall–Kier alpha value is -1.47. The maximum absolute atomic E-state index is 11.6. The summed E-state index contributed by atoms with van der Waals surface area (Å²) in [5.41, 5.74) is 0. The van der Waals surface area contributed by atoms with Gasteiger partial charge in [-0.1, -0.05) is 13.3 Å². The van der Waals surface area contributed by atoms with E-state index in [1.54, 1.807) is 18.5 Å². The van der Waals surface area contributed by atoms with E-state index in [4.69, 9.17) is 5.11 Å². The van der Waals surface area contributed by atoms with Crippen LogP contribution in [-0.4, -0.2) is 34.6 Å². The van der Waals surface area contributed by atoms with Crippen LogP contribution >= 0.6 is 11.3 Å². The van der Waals surface area contributed by atoms with E-state index in [0.717, 1.165) is 12.8 Å². The summed E-state index contributed by atoms with van der Waals surface area (Å²) in [6, 6.07) is 0.179. The number of amides is 1. The third-order valence-electron chi connectivity index (χ3n) is 2.99. The molecule has 2 unspecified atom stereocenters. The first kappa shape index (κ1) is 16.6. The molecule has 0 aliphatic carbocycles. The minimum atomic E-state index is -0.756. The molecule has 0 aromatic carbocycles. The third-order valence-corrected chi connectivity index (χ3v) is 3.67. The van der Waals surface area contributed by atoms with Crippen LogP contribution in [0.4, 0.5) is 5.13 Å². The summed E-state index contributed by atoms with van der Waals surface area (Å²) in [6.07, 6.45) is 3.98. The van der Waals surface area contributed by atoms with Crippen LogP contribution in [0.3, 0.4) is 0 Å². The van der Waals surface area contributed by atoms with Crippen LogP contribution in [0.2, 0.25) is 0 Å². The van der Waals surface area contributed by atoms with Gasteiger partial charge < -0.3 is 15.7 Å². The van der Waals surface area contributed by atoms with Crippen molar-refractivity contribution in [1.29, 1.82) is 0 Å². The number of hydrogen-bond acceptors (Lipinski definition) is 5. The first-order valence-corrected chi connectivity index (χ1v) is 7.52. The maximum atomic E-state index is 11.6. The van der Waals surface area contributed by atoms with Crippen molar-refractivity contribution in [2.24, 2.45) is 5.92 Å². The fourth-order valence-electron chi connectivity index (χ4n) is 1.67. The molecule has 1 heterocycles. The zero-order valence-corrected chi connectivity index (χ0v) is 12.6. The van der Waals surface area contributed by atoms with E-state index in [1.807, 2.05) is 6.92 Å². The van der Waals surface area contributed by atoms with Gasteiger partial charge in [0, 0.05) is 17.6 Å². The summed E-state index contributed by atoms with van der Waals surface area (Å²) in [7, 11) is 0. The quantitative estimate of drug-likeness (QED) is 0.648. The SMILES string of the molecule is CC(CCCC(C)C(=O)O)NCC(=O)Nc1nccs1. The molecule has 20 heavy (non-hydrogen) atoms. The predicted octanol–water partition coefficient (Wildman–Crippen LogP) is 1.95. The fourth-order valence-corrected chi connectivity index (χ4v) is 2.22. The van der Waals surface area contributed by atoms with Gasteiger partial charge in [-0.2, -0.15) is 0 Å². The topological polar surface area (TPSA) is 91.3 Å². The van der Waals surface area contributed by atoms with Crippen molar-refractivity contribution in [3.8, 4) is 0 Å². The first-order chi connectivity index (χ1) is 9.49. The highest BCUT2D eigenvalue weighted by Gasteiger charge is 2.12. The molecular weight excluding hydrogens is 278 g/mol. The highest BCUT2D eigenvalue weighted by atomic mass is 32.1. The van der Waals surface area contributed by atoms with E-state index in [0.29, 0.717) is 11.6 Å². The van der Waals surface area contributed by atoms with Crippen molar-refractivity contribution in [1.82, 2.24) is 10.3 Å². The summed E-state index contributed by atoms with van der Waals surface area (Å²) in [5, 5.41) is 17.0. The molecule has 0 aliphatic heterocycles. The minimum absolute atomic E-state index is 0.120. The van der Waals surface area contributed by atoms with Gasteiger partial charge >= 0.3 is 5.97 Å². The Bertz CT molecular complexity index is 423. The molecule has 1 aromatic rings. The van der Waals surface area contributed by atoms with E-state index in [9.17, 15) is 9.59 Å². The zero-order valence-electron chi connectivity index (χ0n) is 11.8. The van der Waals surface area contributed by atoms with E-state index in [1.165, 1.54) is 11.3 Å². The summed E-state index contributed by atoms with van der Waals surface area (Å²) >= 11 is 1.38. The van der Waals surface area contributed by atoms with Gasteiger partial charge in [0.2, 0.25) is 5.91 Å². The van der Waals surface area contributed by atoms with Crippen LogP contribution in [-0.2, 0) is 9.59 Å². The minimum Gasteiger partial charge on any atom is -0.481 e. The lowest BCUT2D eigenvalue weighted by atomic mass is 10.0. The number of carbonyl (C=O) groups excluding carboxylic acids is 1. The van der Waals surface area contributed by atoms with Crippen LogP contribution in [0, 0.1) is 5.92 Å². The Labute approximate surface area is 122 Å². The highest BCUT2D eigenvalue weighted by Crippen LogP contribution is 2.10. The molecule has 0 saturated carbocycles. The first-order valence-electron chi connectivity index (χ1n) is 6.64. The van der Waals surface area contributed by atoms with E-state index in [-0.39, 0.29) is 24.4 Å². The number of carboxylic acids is 1. The highest BCUT2D eigenvalue weighted by molar-refractivity contribution is 7.13. The zero-order chi connectivity index (χ0) is 15.0. The van der Waals surface area contributed by atoms with Crippen LogP contribution in [0.25, 0.3) is 0 Å². The Morgan fingerprint density at radius 1 is 1.40 bits per heavy atom. The second-order valence-corrected chi connectivity index (χ2v) is 5.73. The Morgan fingerprint density at radius 3 is 2.75 bits per heavy atom. The second-order valence-electron chi connectivity index (χ2n) is 4.84. The van der Waals surface area contributed by atoms with Gasteiger partial charge in [-0.15, -0.1) is 11.3 Å². The summed E-state index contributed by atoms with van der Waals surface area (Å²) < 4.78 is 0. The Morgan fingerprint density at radius 2 is 2.15 bits per heavy atom. The van der Waals surface area contributed by atoms with Crippen LogP contribution in [0.15, 0.2) is 11.6 Å². The number of aromatic nitrogens is 1. The largest absolute Gasteiger partial charge is 0.481 e. The van der Waals surface area contributed by atoms with Crippen molar-refractivity contribution < 1.29 is 14.7 Å². The number of thiazole rings is 1. The fraction of sp³-hybridized carbons (Fsp3) is 0.615. The maximum Gasteiger partial charge on any atom is 0.306 e. The molecule has 0 aliphatic rings. The van der Waals surface area contributed by atoms with Gasteiger partial charge in [0.05, 0.1) is 12.5 Å². The molecule has 1 rings (SSSR count). The standard InChI is InChI=1S/C13H21N3O3S/c1-9(12(18)19)4-3-5-10(2)15-8-11(17)16-13-14-6-7-20-13/h6-7,9-10,15H,3-5,8H2,1-2H3,(H,18,19)(H,14,16,17). The van der Waals surface area contributed by atoms with Crippen molar-refractivity contribution in [2.75, 3.05) is 11.9 Å². The van der Waals surface area contributed by atoms with Gasteiger partial charge in [0.25, 0.3) is 0 Å². The van der Waals surface area contributed by atoms with Gasteiger partial charge in [0.1, 0.15) is 0 Å². The molecule has 6 nitrogen and oxygen atoms in total. The molecule has 0 radical (unpaired) electrons. The number of anilines is 1. The summed E-state index contributed by atoms with van der Waals surface area (Å²) in [4.78, 5) is 26.2. The average Bonchev–Trinajstić information content (AvgIpc) is 2.89. The lowest BCUT2D eigenvalue weighted by Crippen LogP contribution is -2.34. The molecule has 0 fully saturated rings. The molecule has 0 bridgehead atoms. The number of nitrogens with one attached hydrogen (secondary N) is 2. The monoisotopic (exact) mass is 299 g/mol. The average molecular weight is 299 g/mol. The number of nitrogens with zero attached hydrogens (tertiary/aromatic N) is 1. The molecule has 0 spiro atoms. The molecular formula is C13H21N3O3S. The van der Waals surface area contributed by atoms with E-state index < -0.39 is 5.97 Å². The normalized spacial score (nSPS) is 13.7. The van der Waals surface area contributed by atoms with Gasteiger partial charge in [0.15, 0.2) is 5.13 Å².